The molecule has 0 bridgehead atoms. The molecule has 15 heavy (non-hydrogen) atoms. The average molecular weight is 211 g/mol. The molecule has 0 aliphatic carbocycles. The third-order valence-corrected chi connectivity index (χ3v) is 3.87. The van der Waals surface area contributed by atoms with Gasteiger partial charge in [0.2, 0.25) is 0 Å². The van der Waals surface area contributed by atoms with E-state index in [2.05, 4.69) is 10.2 Å². The van der Waals surface area contributed by atoms with Gasteiger partial charge in [-0.05, 0) is 51.4 Å². The molecule has 2 rings (SSSR count). The van der Waals surface area contributed by atoms with Crippen molar-refractivity contribution in [2.24, 2.45) is 11.7 Å². The predicted molar refractivity (Wildman–Crippen MR) is 63.9 cm³/mol. The Morgan fingerprint density at radius 2 is 1.93 bits per heavy atom. The molecule has 2 aliphatic rings. The molecule has 0 aromatic carbocycles. The maximum Gasteiger partial charge on any atom is 0.0209 e. The van der Waals surface area contributed by atoms with Crippen molar-refractivity contribution in [3.05, 3.63) is 0 Å². The third kappa shape index (κ3) is 3.44. The predicted octanol–water partition coefficient (Wildman–Crippen LogP) is 0.799. The molecule has 2 fully saturated rings. The summed E-state index contributed by atoms with van der Waals surface area (Å²) in [6.45, 7) is 5.96. The minimum Gasteiger partial charge on any atom is -0.326 e. The Balaban J connectivity index is 1.73. The van der Waals surface area contributed by atoms with Crippen LogP contribution in [0.5, 0.6) is 0 Å². The summed E-state index contributed by atoms with van der Waals surface area (Å²) in [6, 6.07) is 0.387. The molecule has 2 unspecified atom stereocenters. The Morgan fingerprint density at radius 1 is 1.20 bits per heavy atom. The largest absolute Gasteiger partial charge is 0.326 e. The lowest BCUT2D eigenvalue weighted by atomic mass is 9.99. The van der Waals surface area contributed by atoms with Gasteiger partial charge in [0.05, 0.1) is 0 Å². The van der Waals surface area contributed by atoms with Crippen LogP contribution < -0.4 is 11.1 Å². The van der Waals surface area contributed by atoms with E-state index in [0.717, 1.165) is 13.1 Å². The lowest BCUT2D eigenvalue weighted by molar-refractivity contribution is 0.241. The van der Waals surface area contributed by atoms with Gasteiger partial charge in [-0.25, -0.2) is 0 Å². The molecule has 2 atom stereocenters. The fraction of sp³-hybridized carbons (Fsp3) is 1.00. The van der Waals surface area contributed by atoms with Gasteiger partial charge in [-0.3, -0.25) is 0 Å². The molecule has 3 nitrogen and oxygen atoms in total. The fourth-order valence-electron chi connectivity index (χ4n) is 2.81. The minimum absolute atomic E-state index is 0.387. The highest BCUT2D eigenvalue weighted by Gasteiger charge is 2.23. The van der Waals surface area contributed by atoms with Gasteiger partial charge in [-0.2, -0.15) is 0 Å². The van der Waals surface area contributed by atoms with Crippen LogP contribution >= 0.6 is 0 Å². The number of nitrogens with zero attached hydrogens (tertiary/aromatic N) is 1. The third-order valence-electron chi connectivity index (χ3n) is 3.87. The SMILES string of the molecule is NC(CN1CCCCCC1)C1CCNC1. The highest BCUT2D eigenvalue weighted by molar-refractivity contribution is 4.83. The van der Waals surface area contributed by atoms with Crippen molar-refractivity contribution >= 4 is 0 Å². The average Bonchev–Trinajstić information content (AvgIpc) is 2.65. The van der Waals surface area contributed by atoms with Crippen LogP contribution in [0.2, 0.25) is 0 Å². The zero-order valence-electron chi connectivity index (χ0n) is 9.75. The molecule has 0 spiro atoms. The molecule has 2 heterocycles. The maximum absolute atomic E-state index is 6.28. The topological polar surface area (TPSA) is 41.3 Å². The van der Waals surface area contributed by atoms with E-state index in [-0.39, 0.29) is 0 Å². The van der Waals surface area contributed by atoms with Crippen molar-refractivity contribution in [1.82, 2.24) is 10.2 Å². The Morgan fingerprint density at radius 3 is 2.53 bits per heavy atom. The van der Waals surface area contributed by atoms with E-state index in [1.165, 1.54) is 51.7 Å². The molecule has 0 saturated carbocycles. The summed E-state index contributed by atoms with van der Waals surface area (Å²) in [7, 11) is 0. The first-order valence-corrected chi connectivity index (χ1v) is 6.55. The van der Waals surface area contributed by atoms with E-state index < -0.39 is 0 Å². The second-order valence-corrected chi connectivity index (χ2v) is 5.13. The van der Waals surface area contributed by atoms with Crippen LogP contribution in [0, 0.1) is 5.92 Å². The molecule has 0 aromatic rings. The molecule has 3 heteroatoms. The molecule has 3 N–H and O–H groups in total. The van der Waals surface area contributed by atoms with Crippen LogP contribution in [-0.4, -0.2) is 43.7 Å². The van der Waals surface area contributed by atoms with Crippen molar-refractivity contribution in [2.45, 2.75) is 38.1 Å². The van der Waals surface area contributed by atoms with Gasteiger partial charge in [0.15, 0.2) is 0 Å². The second kappa shape index (κ2) is 5.83. The van der Waals surface area contributed by atoms with Crippen molar-refractivity contribution in [3.8, 4) is 0 Å². The number of hydrogen-bond donors (Lipinski definition) is 2. The zero-order valence-corrected chi connectivity index (χ0v) is 9.75. The minimum atomic E-state index is 0.387. The number of rotatable bonds is 3. The zero-order chi connectivity index (χ0) is 10.5. The molecule has 0 aromatic heterocycles. The van der Waals surface area contributed by atoms with Crippen LogP contribution in [-0.2, 0) is 0 Å². The summed E-state index contributed by atoms with van der Waals surface area (Å²) in [4.78, 5) is 2.58. The van der Waals surface area contributed by atoms with Crippen LogP contribution in [0.15, 0.2) is 0 Å². The van der Waals surface area contributed by atoms with Crippen molar-refractivity contribution in [1.29, 1.82) is 0 Å². The fourth-order valence-corrected chi connectivity index (χ4v) is 2.81. The molecule has 2 aliphatic heterocycles. The van der Waals surface area contributed by atoms with Gasteiger partial charge in [0, 0.05) is 12.6 Å². The summed E-state index contributed by atoms with van der Waals surface area (Å²) in [6.07, 6.45) is 6.84. The number of hydrogen-bond acceptors (Lipinski definition) is 3. The van der Waals surface area contributed by atoms with Crippen LogP contribution in [0.4, 0.5) is 0 Å². The highest BCUT2D eigenvalue weighted by Crippen LogP contribution is 2.15. The van der Waals surface area contributed by atoms with E-state index >= 15 is 0 Å². The van der Waals surface area contributed by atoms with Crippen LogP contribution in [0.25, 0.3) is 0 Å². The van der Waals surface area contributed by atoms with Crippen LogP contribution in [0.1, 0.15) is 32.1 Å². The van der Waals surface area contributed by atoms with E-state index in [9.17, 15) is 0 Å². The summed E-state index contributed by atoms with van der Waals surface area (Å²) in [5.41, 5.74) is 6.28. The monoisotopic (exact) mass is 211 g/mol. The number of nitrogens with one attached hydrogen (secondary N) is 1. The molecular formula is C12H25N3. The highest BCUT2D eigenvalue weighted by atomic mass is 15.1. The molecule has 0 amide bonds. The van der Waals surface area contributed by atoms with Crippen molar-refractivity contribution in [2.75, 3.05) is 32.7 Å². The Hall–Kier alpha value is -0.120. The summed E-state index contributed by atoms with van der Waals surface area (Å²) in [5.74, 6) is 0.716. The first-order chi connectivity index (χ1) is 7.36. The lowest BCUT2D eigenvalue weighted by Gasteiger charge is -2.26. The Labute approximate surface area is 93.4 Å². The Kier molecular flexibility index (Phi) is 4.42. The van der Waals surface area contributed by atoms with Gasteiger partial charge < -0.3 is 16.0 Å². The van der Waals surface area contributed by atoms with Gasteiger partial charge in [0.25, 0.3) is 0 Å². The Bertz CT molecular complexity index is 170. The van der Waals surface area contributed by atoms with Gasteiger partial charge in [0.1, 0.15) is 0 Å². The van der Waals surface area contributed by atoms with E-state index in [4.69, 9.17) is 5.73 Å². The summed E-state index contributed by atoms with van der Waals surface area (Å²) < 4.78 is 0. The van der Waals surface area contributed by atoms with Crippen LogP contribution in [0.3, 0.4) is 0 Å². The lowest BCUT2D eigenvalue weighted by Crippen LogP contribution is -2.43. The van der Waals surface area contributed by atoms with E-state index in [0.29, 0.717) is 12.0 Å². The molecular weight excluding hydrogens is 186 g/mol. The number of nitrogens with two attached hydrogens (primary N) is 1. The first-order valence-electron chi connectivity index (χ1n) is 6.55. The summed E-state index contributed by atoms with van der Waals surface area (Å²) >= 11 is 0. The maximum atomic E-state index is 6.28. The number of likely N-dealkylation sites (tertiary alicyclic amines) is 1. The molecule has 0 radical (unpaired) electrons. The normalized spacial score (nSPS) is 31.4. The second-order valence-electron chi connectivity index (χ2n) is 5.13. The standard InChI is InChI=1S/C12H25N3/c13-12(11-5-6-14-9-11)10-15-7-3-1-2-4-8-15/h11-12,14H,1-10,13H2. The van der Waals surface area contributed by atoms with Crippen molar-refractivity contribution < 1.29 is 0 Å². The quantitative estimate of drug-likeness (QED) is 0.725. The molecule has 88 valence electrons. The van der Waals surface area contributed by atoms with Gasteiger partial charge in [-0.15, -0.1) is 0 Å². The van der Waals surface area contributed by atoms with E-state index in [1.54, 1.807) is 0 Å². The summed E-state index contributed by atoms with van der Waals surface area (Å²) in [5, 5.41) is 3.40. The van der Waals surface area contributed by atoms with Gasteiger partial charge in [-0.1, -0.05) is 12.8 Å². The van der Waals surface area contributed by atoms with Crippen molar-refractivity contribution in [3.63, 3.8) is 0 Å². The smallest absolute Gasteiger partial charge is 0.0209 e. The first kappa shape index (κ1) is 11.4. The molecule has 2 saturated heterocycles. The van der Waals surface area contributed by atoms with Gasteiger partial charge >= 0.3 is 0 Å². The van der Waals surface area contributed by atoms with E-state index in [1.807, 2.05) is 0 Å².